The lowest BCUT2D eigenvalue weighted by Gasteiger charge is -2.04. The normalized spacial score (nSPS) is 10.5. The molecule has 2 rings (SSSR count). The molecular weight excluding hydrogens is 253 g/mol. The van der Waals surface area contributed by atoms with Crippen LogP contribution in [-0.4, -0.2) is 5.78 Å². The number of ketones is 1. The summed E-state index contributed by atoms with van der Waals surface area (Å²) in [5.41, 5.74) is 1.10. The van der Waals surface area contributed by atoms with E-state index in [0.717, 1.165) is 12.1 Å². The van der Waals surface area contributed by atoms with Gasteiger partial charge in [0, 0.05) is 12.0 Å². The van der Waals surface area contributed by atoms with Crippen LogP contribution in [0.25, 0.3) is 0 Å². The third-order valence-electron chi connectivity index (χ3n) is 2.83. The number of hydrogen-bond donors (Lipinski definition) is 0. The summed E-state index contributed by atoms with van der Waals surface area (Å²) in [5, 5.41) is 0. The molecule has 0 aromatic heterocycles. The van der Waals surface area contributed by atoms with Crippen LogP contribution in [0.5, 0.6) is 0 Å². The number of carbonyl (C=O) groups is 1. The molecule has 0 unspecified atom stereocenters. The standard InChI is InChI=1S/C15H11F3O/c1-9-6-11(3-5-12(9)16)15(19)8-10-2-4-13(17)14(18)7-10/h2-7H,8H2,1H3. The fourth-order valence-electron chi connectivity index (χ4n) is 1.76. The van der Waals surface area contributed by atoms with Gasteiger partial charge in [-0.1, -0.05) is 6.07 Å². The van der Waals surface area contributed by atoms with Crippen molar-refractivity contribution in [2.75, 3.05) is 0 Å². The summed E-state index contributed by atoms with van der Waals surface area (Å²) in [6.07, 6.45) is -0.0533. The highest BCUT2D eigenvalue weighted by atomic mass is 19.2. The fourth-order valence-corrected chi connectivity index (χ4v) is 1.76. The van der Waals surface area contributed by atoms with Crippen LogP contribution in [0.3, 0.4) is 0 Å². The van der Waals surface area contributed by atoms with Gasteiger partial charge in [0.25, 0.3) is 0 Å². The van der Waals surface area contributed by atoms with Crippen molar-refractivity contribution < 1.29 is 18.0 Å². The lowest BCUT2D eigenvalue weighted by atomic mass is 10.0. The smallest absolute Gasteiger partial charge is 0.167 e. The summed E-state index contributed by atoms with van der Waals surface area (Å²) in [7, 11) is 0. The average molecular weight is 264 g/mol. The first-order valence-electron chi connectivity index (χ1n) is 5.70. The van der Waals surface area contributed by atoms with Gasteiger partial charge in [-0.05, 0) is 48.4 Å². The van der Waals surface area contributed by atoms with E-state index >= 15 is 0 Å². The highest BCUT2D eigenvalue weighted by molar-refractivity contribution is 5.97. The molecule has 0 amide bonds. The van der Waals surface area contributed by atoms with Crippen molar-refractivity contribution in [1.29, 1.82) is 0 Å². The number of rotatable bonds is 3. The average Bonchev–Trinajstić information content (AvgIpc) is 2.37. The molecule has 0 heterocycles. The highest BCUT2D eigenvalue weighted by Gasteiger charge is 2.10. The van der Waals surface area contributed by atoms with Crippen LogP contribution in [0.4, 0.5) is 13.2 Å². The second-order valence-electron chi connectivity index (χ2n) is 4.31. The first-order chi connectivity index (χ1) is 8.97. The summed E-state index contributed by atoms with van der Waals surface area (Å²) >= 11 is 0. The van der Waals surface area contributed by atoms with E-state index in [1.165, 1.54) is 24.3 Å². The van der Waals surface area contributed by atoms with Crippen molar-refractivity contribution in [3.05, 3.63) is 70.5 Å². The Bertz CT molecular complexity index is 635. The van der Waals surface area contributed by atoms with Crippen molar-refractivity contribution in [3.63, 3.8) is 0 Å². The molecule has 0 aliphatic carbocycles. The lowest BCUT2D eigenvalue weighted by molar-refractivity contribution is 0.0992. The van der Waals surface area contributed by atoms with Crippen LogP contribution >= 0.6 is 0 Å². The lowest BCUT2D eigenvalue weighted by Crippen LogP contribution is -2.05. The summed E-state index contributed by atoms with van der Waals surface area (Å²) in [6, 6.07) is 7.36. The first-order valence-corrected chi connectivity index (χ1v) is 5.70. The van der Waals surface area contributed by atoms with Gasteiger partial charge in [-0.15, -0.1) is 0 Å². The largest absolute Gasteiger partial charge is 0.294 e. The predicted molar refractivity (Wildman–Crippen MR) is 65.5 cm³/mol. The maximum absolute atomic E-state index is 13.1. The molecular formula is C15H11F3O. The molecule has 0 bridgehead atoms. The molecule has 2 aromatic carbocycles. The maximum atomic E-state index is 13.1. The minimum Gasteiger partial charge on any atom is -0.294 e. The van der Waals surface area contributed by atoms with Gasteiger partial charge in [-0.25, -0.2) is 13.2 Å². The quantitative estimate of drug-likeness (QED) is 0.770. The molecule has 2 aromatic rings. The van der Waals surface area contributed by atoms with E-state index in [2.05, 4.69) is 0 Å². The molecule has 4 heteroatoms. The number of Topliss-reactive ketones (excluding diaryl/α,β-unsaturated/α-hetero) is 1. The molecule has 0 atom stereocenters. The van der Waals surface area contributed by atoms with Crippen molar-refractivity contribution in [1.82, 2.24) is 0 Å². The van der Waals surface area contributed by atoms with Gasteiger partial charge < -0.3 is 0 Å². The summed E-state index contributed by atoms with van der Waals surface area (Å²) in [4.78, 5) is 11.9. The molecule has 19 heavy (non-hydrogen) atoms. The van der Waals surface area contributed by atoms with Crippen molar-refractivity contribution >= 4 is 5.78 Å². The zero-order valence-corrected chi connectivity index (χ0v) is 10.2. The predicted octanol–water partition coefficient (Wildman–Crippen LogP) is 3.84. The van der Waals surface area contributed by atoms with Gasteiger partial charge in [-0.3, -0.25) is 4.79 Å². The first kappa shape index (κ1) is 13.3. The van der Waals surface area contributed by atoms with Crippen LogP contribution < -0.4 is 0 Å². The van der Waals surface area contributed by atoms with Crippen molar-refractivity contribution in [2.24, 2.45) is 0 Å². The van der Waals surface area contributed by atoms with Crippen molar-refractivity contribution in [3.8, 4) is 0 Å². The number of halogens is 3. The van der Waals surface area contributed by atoms with Gasteiger partial charge >= 0.3 is 0 Å². The van der Waals surface area contributed by atoms with E-state index in [9.17, 15) is 18.0 Å². The molecule has 1 nitrogen and oxygen atoms in total. The number of benzene rings is 2. The van der Waals surface area contributed by atoms with E-state index in [-0.39, 0.29) is 18.0 Å². The van der Waals surface area contributed by atoms with E-state index in [4.69, 9.17) is 0 Å². The van der Waals surface area contributed by atoms with E-state index in [1.54, 1.807) is 6.92 Å². The fraction of sp³-hybridized carbons (Fsp3) is 0.133. The zero-order valence-electron chi connectivity index (χ0n) is 10.2. The topological polar surface area (TPSA) is 17.1 Å². The van der Waals surface area contributed by atoms with Crippen LogP contribution in [0.1, 0.15) is 21.5 Å². The molecule has 0 aliphatic rings. The Morgan fingerprint density at radius 3 is 2.26 bits per heavy atom. The Morgan fingerprint density at radius 2 is 1.63 bits per heavy atom. The summed E-state index contributed by atoms with van der Waals surface area (Å²) in [6.45, 7) is 1.56. The Kier molecular flexibility index (Phi) is 3.69. The summed E-state index contributed by atoms with van der Waals surface area (Å²) < 4.78 is 38.9. The third-order valence-corrected chi connectivity index (χ3v) is 2.83. The Morgan fingerprint density at radius 1 is 0.947 bits per heavy atom. The van der Waals surface area contributed by atoms with E-state index < -0.39 is 11.6 Å². The van der Waals surface area contributed by atoms with E-state index in [0.29, 0.717) is 16.7 Å². The molecule has 0 aliphatic heterocycles. The minimum atomic E-state index is -0.986. The Hall–Kier alpha value is -2.10. The molecule has 98 valence electrons. The van der Waals surface area contributed by atoms with Gasteiger partial charge in [0.2, 0.25) is 0 Å². The van der Waals surface area contributed by atoms with Crippen LogP contribution in [0.2, 0.25) is 0 Å². The molecule has 0 radical (unpaired) electrons. The SMILES string of the molecule is Cc1cc(C(=O)Cc2ccc(F)c(F)c2)ccc1F. The molecule has 0 saturated heterocycles. The highest BCUT2D eigenvalue weighted by Crippen LogP contribution is 2.14. The number of aryl methyl sites for hydroxylation is 1. The van der Waals surface area contributed by atoms with Gasteiger partial charge in [-0.2, -0.15) is 0 Å². The van der Waals surface area contributed by atoms with Crippen LogP contribution in [0, 0.1) is 24.4 Å². The second-order valence-corrected chi connectivity index (χ2v) is 4.31. The molecule has 0 saturated carbocycles. The minimum absolute atomic E-state index is 0.0533. The van der Waals surface area contributed by atoms with Crippen LogP contribution in [0.15, 0.2) is 36.4 Å². The Labute approximate surface area is 108 Å². The molecule has 0 N–H and O–H groups in total. The zero-order chi connectivity index (χ0) is 14.0. The third kappa shape index (κ3) is 3.02. The monoisotopic (exact) mass is 264 g/mol. The maximum Gasteiger partial charge on any atom is 0.167 e. The van der Waals surface area contributed by atoms with Gasteiger partial charge in [0.15, 0.2) is 17.4 Å². The van der Waals surface area contributed by atoms with Crippen LogP contribution in [-0.2, 0) is 6.42 Å². The van der Waals surface area contributed by atoms with Gasteiger partial charge in [0.05, 0.1) is 0 Å². The number of carbonyl (C=O) groups excluding carboxylic acids is 1. The number of hydrogen-bond acceptors (Lipinski definition) is 1. The Balaban J connectivity index is 2.20. The molecule has 0 spiro atoms. The van der Waals surface area contributed by atoms with Gasteiger partial charge in [0.1, 0.15) is 5.82 Å². The second kappa shape index (κ2) is 5.26. The van der Waals surface area contributed by atoms with E-state index in [1.807, 2.05) is 0 Å². The summed E-state index contributed by atoms with van der Waals surface area (Å²) in [5.74, 6) is -2.59. The van der Waals surface area contributed by atoms with Crippen molar-refractivity contribution in [2.45, 2.75) is 13.3 Å². The molecule has 0 fully saturated rings.